The van der Waals surface area contributed by atoms with E-state index in [9.17, 15) is 4.79 Å². The molecule has 1 heterocycles. The third kappa shape index (κ3) is 3.33. The van der Waals surface area contributed by atoms with Gasteiger partial charge in [-0.1, -0.05) is 23.4 Å². The van der Waals surface area contributed by atoms with Crippen molar-refractivity contribution in [2.45, 2.75) is 0 Å². The van der Waals surface area contributed by atoms with Crippen LogP contribution in [0.1, 0.15) is 15.9 Å². The van der Waals surface area contributed by atoms with E-state index < -0.39 is 5.97 Å². The maximum Gasteiger partial charge on any atom is 0.365 e. The number of nitrogen functional groups attached to an aromatic ring is 1. The fraction of sp³-hybridized carbons (Fsp3) is 0. The molecule has 0 amide bonds. The molecule has 6 nitrogen and oxygen atoms in total. The monoisotopic (exact) mass is 334 g/mol. The first-order valence-corrected chi connectivity index (χ1v) is 6.38. The molecule has 0 atom stereocenters. The summed E-state index contributed by atoms with van der Waals surface area (Å²) in [4.78, 5) is 20.4. The summed E-state index contributed by atoms with van der Waals surface area (Å²) in [5, 5.41) is 3.58. The average Bonchev–Trinajstić information content (AvgIpc) is 2.47. The Kier molecular flexibility index (Phi) is 4.31. The summed E-state index contributed by atoms with van der Waals surface area (Å²) in [6, 6.07) is 10.1. The molecule has 2 aromatic rings. The van der Waals surface area contributed by atoms with Gasteiger partial charge in [-0.2, -0.15) is 0 Å². The van der Waals surface area contributed by atoms with Gasteiger partial charge in [0.15, 0.2) is 5.84 Å². The lowest BCUT2D eigenvalue weighted by Gasteiger charge is -2.04. The number of nitrogens with two attached hydrogens (primary N) is 2. The molecule has 0 aliphatic rings. The van der Waals surface area contributed by atoms with Crippen molar-refractivity contribution in [3.63, 3.8) is 0 Å². The van der Waals surface area contributed by atoms with Gasteiger partial charge in [-0.15, -0.1) is 0 Å². The van der Waals surface area contributed by atoms with Crippen LogP contribution in [0.4, 0.5) is 5.82 Å². The Morgan fingerprint density at radius 3 is 2.70 bits per heavy atom. The van der Waals surface area contributed by atoms with Gasteiger partial charge in [0, 0.05) is 10.7 Å². The summed E-state index contributed by atoms with van der Waals surface area (Å²) in [5.74, 6) is -0.430. The molecular weight excluding hydrogens is 324 g/mol. The van der Waals surface area contributed by atoms with Crippen LogP contribution in [0.5, 0.6) is 0 Å². The smallest absolute Gasteiger partial charge is 0.365 e. The number of nitrogens with zero attached hydrogens (tertiary/aromatic N) is 2. The predicted molar refractivity (Wildman–Crippen MR) is 78.9 cm³/mol. The molecule has 1 aromatic heterocycles. The number of halogens is 1. The molecule has 102 valence electrons. The quantitative estimate of drug-likeness (QED) is 0.386. The highest BCUT2D eigenvalue weighted by Gasteiger charge is 2.09. The zero-order chi connectivity index (χ0) is 14.5. The van der Waals surface area contributed by atoms with E-state index in [-0.39, 0.29) is 11.7 Å². The molecule has 4 N–H and O–H groups in total. The van der Waals surface area contributed by atoms with Crippen LogP contribution >= 0.6 is 15.9 Å². The zero-order valence-corrected chi connectivity index (χ0v) is 11.9. The minimum absolute atomic E-state index is 0.0272. The number of aromatic nitrogens is 1. The first kappa shape index (κ1) is 14.0. The van der Waals surface area contributed by atoms with Gasteiger partial charge >= 0.3 is 5.97 Å². The number of anilines is 1. The Morgan fingerprint density at radius 1 is 1.30 bits per heavy atom. The standard InChI is InChI=1S/C13H11BrN4O2/c14-9-6-10(11(15)17-7-9)12(16)18-20-13(19)8-4-2-1-3-5-8/h1-7H,(H2,15,17)(H2,16,18). The van der Waals surface area contributed by atoms with Crippen LogP contribution in [-0.2, 0) is 4.84 Å². The number of amidine groups is 1. The second-order valence-electron chi connectivity index (χ2n) is 3.81. The van der Waals surface area contributed by atoms with Gasteiger partial charge in [0.05, 0.1) is 11.1 Å². The van der Waals surface area contributed by atoms with Gasteiger partial charge in [0.1, 0.15) is 5.82 Å². The van der Waals surface area contributed by atoms with E-state index in [0.29, 0.717) is 15.6 Å². The lowest BCUT2D eigenvalue weighted by Crippen LogP contribution is -2.17. The molecule has 2 rings (SSSR count). The van der Waals surface area contributed by atoms with Crippen molar-refractivity contribution in [3.05, 3.63) is 58.2 Å². The van der Waals surface area contributed by atoms with Crippen LogP contribution in [0.2, 0.25) is 0 Å². The molecule has 0 unspecified atom stereocenters. The third-order valence-corrected chi connectivity index (χ3v) is 2.83. The predicted octanol–water partition coefficient (Wildman–Crippen LogP) is 1.90. The van der Waals surface area contributed by atoms with E-state index in [1.807, 2.05) is 0 Å². The number of hydrogen-bond acceptors (Lipinski definition) is 5. The molecule has 0 aliphatic carbocycles. The van der Waals surface area contributed by atoms with Crippen molar-refractivity contribution >= 4 is 33.6 Å². The zero-order valence-electron chi connectivity index (χ0n) is 10.3. The van der Waals surface area contributed by atoms with Crippen LogP contribution in [0.25, 0.3) is 0 Å². The Hall–Kier alpha value is -2.41. The molecule has 0 fully saturated rings. The number of hydrogen-bond donors (Lipinski definition) is 2. The highest BCUT2D eigenvalue weighted by Crippen LogP contribution is 2.15. The summed E-state index contributed by atoms with van der Waals surface area (Å²) in [6.07, 6.45) is 1.53. The molecule has 0 aliphatic heterocycles. The van der Waals surface area contributed by atoms with Crippen molar-refractivity contribution in [1.29, 1.82) is 0 Å². The molecule has 0 saturated heterocycles. The second-order valence-corrected chi connectivity index (χ2v) is 4.72. The molecule has 7 heteroatoms. The first-order chi connectivity index (χ1) is 9.58. The van der Waals surface area contributed by atoms with E-state index in [0.717, 1.165) is 0 Å². The maximum absolute atomic E-state index is 11.7. The Balaban J connectivity index is 2.15. The number of oxime groups is 1. The van der Waals surface area contributed by atoms with E-state index in [1.54, 1.807) is 36.4 Å². The van der Waals surface area contributed by atoms with Gasteiger partial charge in [0.2, 0.25) is 0 Å². The Bertz CT molecular complexity index is 659. The molecular formula is C13H11BrN4O2. The molecule has 1 aromatic carbocycles. The molecule has 0 radical (unpaired) electrons. The van der Waals surface area contributed by atoms with Crippen LogP contribution in [0.15, 0.2) is 52.2 Å². The summed E-state index contributed by atoms with van der Waals surface area (Å²) >= 11 is 3.24. The van der Waals surface area contributed by atoms with E-state index >= 15 is 0 Å². The summed E-state index contributed by atoms with van der Waals surface area (Å²) in [6.45, 7) is 0. The highest BCUT2D eigenvalue weighted by atomic mass is 79.9. The van der Waals surface area contributed by atoms with Crippen molar-refractivity contribution in [3.8, 4) is 0 Å². The SMILES string of the molecule is N/C(=N\OC(=O)c1ccccc1)c1cc(Br)cnc1N. The largest absolute Gasteiger partial charge is 0.383 e. The van der Waals surface area contributed by atoms with Crippen LogP contribution < -0.4 is 11.5 Å². The summed E-state index contributed by atoms with van der Waals surface area (Å²) in [7, 11) is 0. The van der Waals surface area contributed by atoms with Crippen molar-refractivity contribution in [2.24, 2.45) is 10.9 Å². The van der Waals surface area contributed by atoms with Gasteiger partial charge in [-0.05, 0) is 34.1 Å². The fourth-order valence-electron chi connectivity index (χ4n) is 1.42. The number of carbonyl (C=O) groups excluding carboxylic acids is 1. The molecule has 0 bridgehead atoms. The number of carbonyl (C=O) groups is 1. The Labute approximate surface area is 123 Å². The molecule has 20 heavy (non-hydrogen) atoms. The lowest BCUT2D eigenvalue weighted by atomic mass is 10.2. The number of benzene rings is 1. The van der Waals surface area contributed by atoms with Crippen LogP contribution in [0, 0.1) is 0 Å². The Morgan fingerprint density at radius 2 is 2.00 bits per heavy atom. The van der Waals surface area contributed by atoms with Crippen LogP contribution in [0.3, 0.4) is 0 Å². The van der Waals surface area contributed by atoms with Gasteiger partial charge in [-0.25, -0.2) is 9.78 Å². The van der Waals surface area contributed by atoms with E-state index in [4.69, 9.17) is 16.3 Å². The minimum Gasteiger partial charge on any atom is -0.383 e. The van der Waals surface area contributed by atoms with Crippen molar-refractivity contribution < 1.29 is 9.63 Å². The summed E-state index contributed by atoms with van der Waals surface area (Å²) < 4.78 is 0.689. The fourth-order valence-corrected chi connectivity index (χ4v) is 1.75. The van der Waals surface area contributed by atoms with E-state index in [2.05, 4.69) is 26.1 Å². The lowest BCUT2D eigenvalue weighted by molar-refractivity contribution is 0.0516. The minimum atomic E-state index is -0.602. The highest BCUT2D eigenvalue weighted by molar-refractivity contribution is 9.10. The normalized spacial score (nSPS) is 11.2. The number of pyridine rings is 1. The van der Waals surface area contributed by atoms with Gasteiger partial charge in [-0.3, -0.25) is 0 Å². The third-order valence-electron chi connectivity index (χ3n) is 2.40. The topological polar surface area (TPSA) is 104 Å². The first-order valence-electron chi connectivity index (χ1n) is 5.59. The van der Waals surface area contributed by atoms with Crippen molar-refractivity contribution in [2.75, 3.05) is 5.73 Å². The van der Waals surface area contributed by atoms with Gasteiger partial charge < -0.3 is 16.3 Å². The van der Waals surface area contributed by atoms with Gasteiger partial charge in [0.25, 0.3) is 0 Å². The molecule has 0 saturated carbocycles. The second kappa shape index (κ2) is 6.16. The number of rotatable bonds is 3. The maximum atomic E-state index is 11.7. The van der Waals surface area contributed by atoms with Crippen LogP contribution in [-0.4, -0.2) is 16.8 Å². The van der Waals surface area contributed by atoms with E-state index in [1.165, 1.54) is 6.20 Å². The average molecular weight is 335 g/mol. The molecule has 0 spiro atoms. The summed E-state index contributed by atoms with van der Waals surface area (Å²) in [5.41, 5.74) is 12.2. The van der Waals surface area contributed by atoms with Crippen molar-refractivity contribution in [1.82, 2.24) is 4.98 Å².